The Hall–Kier alpha value is 0.170. The molecule has 1 heterocycles. The van der Waals surface area contributed by atoms with Gasteiger partial charge in [0.05, 0.1) is 0 Å². The van der Waals surface area contributed by atoms with Crippen LogP contribution in [0.25, 0.3) is 0 Å². The first-order valence-corrected chi connectivity index (χ1v) is 8.67. The Bertz CT molecular complexity index is 146. The molecule has 0 bridgehead atoms. The highest BCUT2D eigenvalue weighted by Gasteiger charge is 2.15. The standard InChI is InChI=1S/C8H14O2S2.2C2H6/c9-8(10)4-2-1-3-7-5-6-11-12-7;2*1-2/h7H,1-6H2,(H,9,10);2*1-2H3/t7-;;/m1../s1. The zero-order valence-corrected chi connectivity index (χ0v) is 12.6. The van der Waals surface area contributed by atoms with Gasteiger partial charge in [0.15, 0.2) is 0 Å². The van der Waals surface area contributed by atoms with Crippen molar-refractivity contribution >= 4 is 27.6 Å². The molecule has 1 aliphatic rings. The summed E-state index contributed by atoms with van der Waals surface area (Å²) in [6, 6.07) is 0. The van der Waals surface area contributed by atoms with Gasteiger partial charge in [0.1, 0.15) is 0 Å². The van der Waals surface area contributed by atoms with Crippen LogP contribution in [0.5, 0.6) is 0 Å². The highest BCUT2D eigenvalue weighted by Crippen LogP contribution is 2.39. The van der Waals surface area contributed by atoms with Crippen LogP contribution in [0.2, 0.25) is 0 Å². The lowest BCUT2D eigenvalue weighted by molar-refractivity contribution is -0.137. The van der Waals surface area contributed by atoms with Crippen LogP contribution in [0, 0.1) is 0 Å². The molecule has 16 heavy (non-hydrogen) atoms. The van der Waals surface area contributed by atoms with Crippen molar-refractivity contribution in [2.24, 2.45) is 0 Å². The van der Waals surface area contributed by atoms with Crippen molar-refractivity contribution in [3.8, 4) is 0 Å². The molecule has 0 amide bonds. The van der Waals surface area contributed by atoms with E-state index in [4.69, 9.17) is 5.11 Å². The van der Waals surface area contributed by atoms with Crippen LogP contribution >= 0.6 is 21.6 Å². The summed E-state index contributed by atoms with van der Waals surface area (Å²) in [5.41, 5.74) is 0. The summed E-state index contributed by atoms with van der Waals surface area (Å²) in [5.74, 6) is 0.609. The first-order chi connectivity index (χ1) is 7.79. The molecule has 0 aromatic rings. The largest absolute Gasteiger partial charge is 0.481 e. The van der Waals surface area contributed by atoms with Gasteiger partial charge in [0, 0.05) is 17.4 Å². The van der Waals surface area contributed by atoms with Gasteiger partial charge in [-0.3, -0.25) is 4.79 Å². The van der Waals surface area contributed by atoms with Crippen LogP contribution in [-0.4, -0.2) is 22.1 Å². The Morgan fingerprint density at radius 3 is 2.31 bits per heavy atom. The summed E-state index contributed by atoms with van der Waals surface area (Å²) in [5, 5.41) is 9.19. The fourth-order valence-electron chi connectivity index (χ4n) is 1.21. The monoisotopic (exact) mass is 266 g/mol. The second-order valence-electron chi connectivity index (χ2n) is 2.97. The first kappa shape index (κ1) is 18.5. The van der Waals surface area contributed by atoms with Crippen molar-refractivity contribution in [1.82, 2.24) is 0 Å². The van der Waals surface area contributed by atoms with Gasteiger partial charge in [0.25, 0.3) is 0 Å². The summed E-state index contributed by atoms with van der Waals surface area (Å²) < 4.78 is 0. The lowest BCUT2D eigenvalue weighted by Gasteiger charge is -2.04. The van der Waals surface area contributed by atoms with Crippen LogP contribution in [0.15, 0.2) is 0 Å². The van der Waals surface area contributed by atoms with E-state index >= 15 is 0 Å². The predicted octanol–water partition coefficient (Wildman–Crippen LogP) is 4.84. The zero-order chi connectivity index (χ0) is 12.8. The minimum Gasteiger partial charge on any atom is -0.481 e. The van der Waals surface area contributed by atoms with E-state index in [1.54, 1.807) is 0 Å². The third-order valence-corrected chi connectivity index (χ3v) is 4.90. The molecular weight excluding hydrogens is 240 g/mol. The predicted molar refractivity (Wildman–Crippen MR) is 77.3 cm³/mol. The summed E-state index contributed by atoms with van der Waals surface area (Å²) in [6.07, 6.45) is 4.76. The highest BCUT2D eigenvalue weighted by atomic mass is 33.1. The van der Waals surface area contributed by atoms with Gasteiger partial charge >= 0.3 is 5.97 Å². The summed E-state index contributed by atoms with van der Waals surface area (Å²) >= 11 is 0. The molecule has 1 saturated heterocycles. The maximum Gasteiger partial charge on any atom is 0.303 e. The van der Waals surface area contributed by atoms with Crippen molar-refractivity contribution in [3.05, 3.63) is 0 Å². The van der Waals surface area contributed by atoms with Crippen LogP contribution in [0.4, 0.5) is 0 Å². The molecule has 1 atom stereocenters. The third kappa shape index (κ3) is 12.2. The number of hydrogen-bond acceptors (Lipinski definition) is 3. The average molecular weight is 266 g/mol. The number of unbranched alkanes of at least 4 members (excludes halogenated alkanes) is 1. The molecule has 0 spiro atoms. The Morgan fingerprint density at radius 2 is 1.88 bits per heavy atom. The number of hydrogen-bond donors (Lipinski definition) is 1. The topological polar surface area (TPSA) is 37.3 Å². The fourth-order valence-corrected chi connectivity index (χ4v) is 4.24. The van der Waals surface area contributed by atoms with Crippen LogP contribution in [0.3, 0.4) is 0 Å². The van der Waals surface area contributed by atoms with E-state index in [9.17, 15) is 4.79 Å². The van der Waals surface area contributed by atoms with Gasteiger partial charge in [-0.05, 0) is 19.3 Å². The second kappa shape index (κ2) is 15.2. The lowest BCUT2D eigenvalue weighted by Crippen LogP contribution is -1.99. The molecule has 1 aliphatic heterocycles. The second-order valence-corrected chi connectivity index (χ2v) is 5.76. The van der Waals surface area contributed by atoms with Crippen molar-refractivity contribution in [1.29, 1.82) is 0 Å². The van der Waals surface area contributed by atoms with Crippen molar-refractivity contribution in [3.63, 3.8) is 0 Å². The third-order valence-electron chi connectivity index (χ3n) is 1.89. The van der Waals surface area contributed by atoms with E-state index in [-0.39, 0.29) is 0 Å². The molecule has 0 aromatic carbocycles. The number of carboxylic acids is 1. The average Bonchev–Trinajstić information content (AvgIpc) is 2.83. The molecule has 0 aromatic heterocycles. The first-order valence-electron chi connectivity index (χ1n) is 6.29. The van der Waals surface area contributed by atoms with Gasteiger partial charge in [-0.15, -0.1) is 0 Å². The smallest absolute Gasteiger partial charge is 0.303 e. The lowest BCUT2D eigenvalue weighted by atomic mass is 10.1. The van der Waals surface area contributed by atoms with Gasteiger partial charge in [-0.25, -0.2) is 0 Å². The van der Waals surface area contributed by atoms with Gasteiger partial charge in [-0.2, -0.15) is 0 Å². The van der Waals surface area contributed by atoms with Gasteiger partial charge in [-0.1, -0.05) is 55.7 Å². The number of aliphatic carboxylic acids is 1. The van der Waals surface area contributed by atoms with E-state index in [0.29, 0.717) is 6.42 Å². The summed E-state index contributed by atoms with van der Waals surface area (Å²) in [7, 11) is 3.92. The molecule has 1 rings (SSSR count). The van der Waals surface area contributed by atoms with Crippen molar-refractivity contribution < 1.29 is 9.90 Å². The zero-order valence-electron chi connectivity index (χ0n) is 11.0. The van der Waals surface area contributed by atoms with Crippen molar-refractivity contribution in [2.45, 2.75) is 65.0 Å². The SMILES string of the molecule is CC.CC.O=C(O)CCCC[C@@H]1CCSS1. The normalized spacial score (nSPS) is 17.9. The van der Waals surface area contributed by atoms with E-state index in [0.717, 1.165) is 18.1 Å². The Balaban J connectivity index is 0. The van der Waals surface area contributed by atoms with Gasteiger partial charge in [0.2, 0.25) is 0 Å². The Labute approximate surface area is 108 Å². The number of carboxylic acid groups (broad SMARTS) is 1. The summed E-state index contributed by atoms with van der Waals surface area (Å²) in [4.78, 5) is 10.2. The Kier molecular flexibility index (Phi) is 17.6. The van der Waals surface area contributed by atoms with Crippen molar-refractivity contribution in [2.75, 3.05) is 5.75 Å². The molecule has 98 valence electrons. The Morgan fingerprint density at radius 1 is 1.25 bits per heavy atom. The molecule has 1 N–H and O–H groups in total. The molecule has 2 nitrogen and oxygen atoms in total. The minimum absolute atomic E-state index is 0.338. The van der Waals surface area contributed by atoms with Crippen LogP contribution < -0.4 is 0 Å². The van der Waals surface area contributed by atoms with Gasteiger partial charge < -0.3 is 5.11 Å². The molecule has 0 radical (unpaired) electrons. The van der Waals surface area contributed by atoms with E-state index in [1.165, 1.54) is 18.6 Å². The fraction of sp³-hybridized carbons (Fsp3) is 0.917. The maximum atomic E-state index is 10.2. The van der Waals surface area contributed by atoms with E-state index in [1.807, 2.05) is 49.3 Å². The quantitative estimate of drug-likeness (QED) is 0.571. The summed E-state index contributed by atoms with van der Waals surface area (Å²) in [6.45, 7) is 8.00. The molecule has 0 aliphatic carbocycles. The van der Waals surface area contributed by atoms with Crippen LogP contribution in [-0.2, 0) is 4.79 Å². The molecular formula is C12H26O2S2. The molecule has 0 unspecified atom stereocenters. The number of rotatable bonds is 5. The maximum absolute atomic E-state index is 10.2. The number of carbonyl (C=O) groups is 1. The van der Waals surface area contributed by atoms with Crippen LogP contribution in [0.1, 0.15) is 59.8 Å². The highest BCUT2D eigenvalue weighted by molar-refractivity contribution is 8.77. The minimum atomic E-state index is -0.663. The molecule has 0 saturated carbocycles. The molecule has 4 heteroatoms. The van der Waals surface area contributed by atoms with E-state index < -0.39 is 5.97 Å². The molecule has 1 fully saturated rings. The van der Waals surface area contributed by atoms with E-state index in [2.05, 4.69) is 0 Å².